The van der Waals surface area contributed by atoms with E-state index < -0.39 is 18.0 Å². The normalized spacial score (nSPS) is 12.5. The minimum Gasteiger partial charge on any atom is -0.488 e. The molecule has 11 nitrogen and oxygen atoms in total. The fourth-order valence-corrected chi connectivity index (χ4v) is 5.32. The Balaban J connectivity index is 1.37. The van der Waals surface area contributed by atoms with Crippen molar-refractivity contribution in [2.24, 2.45) is 0 Å². The van der Waals surface area contributed by atoms with Gasteiger partial charge in [0.05, 0.1) is 10.6 Å². The van der Waals surface area contributed by atoms with Gasteiger partial charge in [-0.25, -0.2) is 0 Å². The number of hydrogen-bond acceptors (Lipinski definition) is 9. The van der Waals surface area contributed by atoms with E-state index in [1.54, 1.807) is 24.4 Å². The van der Waals surface area contributed by atoms with E-state index in [-0.39, 0.29) is 37.6 Å². The molecule has 0 bridgehead atoms. The van der Waals surface area contributed by atoms with Gasteiger partial charge in [0.2, 0.25) is 0 Å². The van der Waals surface area contributed by atoms with Crippen LogP contribution in [0.15, 0.2) is 67.0 Å². The lowest BCUT2D eigenvalue weighted by atomic mass is 9.96. The third kappa shape index (κ3) is 8.49. The van der Waals surface area contributed by atoms with Crippen molar-refractivity contribution >= 4 is 23.5 Å². The van der Waals surface area contributed by atoms with Gasteiger partial charge in [-0.15, -0.1) is 0 Å². The van der Waals surface area contributed by atoms with Crippen molar-refractivity contribution in [2.45, 2.75) is 45.6 Å². The lowest BCUT2D eigenvalue weighted by Gasteiger charge is -2.20. The summed E-state index contributed by atoms with van der Waals surface area (Å²) in [6, 6.07) is 17.7. The predicted molar refractivity (Wildman–Crippen MR) is 172 cm³/mol. The van der Waals surface area contributed by atoms with Crippen molar-refractivity contribution in [3.8, 4) is 40.2 Å². The summed E-state index contributed by atoms with van der Waals surface area (Å²) >= 11 is 6.67. The Morgan fingerprint density at radius 3 is 2.55 bits per heavy atom. The zero-order chi connectivity index (χ0) is 33.3. The van der Waals surface area contributed by atoms with Crippen molar-refractivity contribution in [3.05, 3.63) is 99.8 Å². The lowest BCUT2D eigenvalue weighted by molar-refractivity contribution is -0.140. The number of nitriles is 1. The van der Waals surface area contributed by atoms with Crippen LogP contribution in [0.1, 0.15) is 40.7 Å². The molecule has 12 heteroatoms. The molecule has 0 radical (unpaired) electrons. The molecular weight excluding hydrogens is 626 g/mol. The van der Waals surface area contributed by atoms with Crippen LogP contribution in [-0.2, 0) is 29.3 Å². The molecule has 5 rings (SSSR count). The number of benzene rings is 3. The highest BCUT2D eigenvalue weighted by Crippen LogP contribution is 2.37. The number of carboxylic acids is 2. The molecule has 1 atom stereocenters. The quantitative estimate of drug-likeness (QED) is 0.148. The number of ether oxygens (including phenoxy) is 4. The van der Waals surface area contributed by atoms with Crippen molar-refractivity contribution < 1.29 is 38.7 Å². The topological polar surface area (TPSA) is 160 Å². The highest BCUT2D eigenvalue weighted by molar-refractivity contribution is 6.32. The smallest absolute Gasteiger partial charge is 0.320 e. The van der Waals surface area contributed by atoms with E-state index in [4.69, 9.17) is 35.7 Å². The molecule has 2 heterocycles. The molecule has 0 saturated carbocycles. The molecule has 1 aliphatic rings. The summed E-state index contributed by atoms with van der Waals surface area (Å²) in [5, 5.41) is 31.0. The van der Waals surface area contributed by atoms with Crippen molar-refractivity contribution in [2.75, 3.05) is 13.2 Å². The fraction of sp³-hybridized carbons (Fsp3) is 0.257. The molecule has 47 heavy (non-hydrogen) atoms. The summed E-state index contributed by atoms with van der Waals surface area (Å²) in [6.07, 6.45) is 2.61. The summed E-state index contributed by atoms with van der Waals surface area (Å²) < 4.78 is 23.7. The molecular formula is C35H32ClN3O8. The van der Waals surface area contributed by atoms with Crippen LogP contribution >= 0.6 is 11.6 Å². The molecule has 0 saturated heterocycles. The van der Waals surface area contributed by atoms with E-state index in [1.165, 1.54) is 6.20 Å². The standard InChI is InChI=1S/C35H32ClN3O8/c1-21-25(3-2-4-27(21)24-5-7-30-33(13-24)45-10-9-44-30)20-47-32-14-31(46-19-23-11-22(15-37)16-38-17-23)26(12-28(32)36)18-39-29(35(42)43)6-8-34(40)41/h2-5,7,11-14,16-17,29,39H,6,8-10,18-20H2,1H3,(H,40,41)(H,42,43)/t29-/m0/s1. The third-order valence-corrected chi connectivity index (χ3v) is 7.89. The number of carboxylic acid groups (broad SMARTS) is 2. The first-order valence-corrected chi connectivity index (χ1v) is 15.2. The Morgan fingerprint density at radius 2 is 1.79 bits per heavy atom. The van der Waals surface area contributed by atoms with Crippen LogP contribution in [0.5, 0.6) is 23.0 Å². The van der Waals surface area contributed by atoms with Crippen LogP contribution in [0, 0.1) is 18.3 Å². The number of hydrogen-bond donors (Lipinski definition) is 3. The number of aliphatic carboxylic acids is 2. The molecule has 0 aliphatic carbocycles. The second-order valence-electron chi connectivity index (χ2n) is 10.8. The lowest BCUT2D eigenvalue weighted by Crippen LogP contribution is -2.36. The largest absolute Gasteiger partial charge is 0.488 e. The summed E-state index contributed by atoms with van der Waals surface area (Å²) in [6.45, 7) is 3.33. The van der Waals surface area contributed by atoms with Gasteiger partial charge in [-0.05, 0) is 59.9 Å². The highest BCUT2D eigenvalue weighted by atomic mass is 35.5. The van der Waals surface area contributed by atoms with E-state index in [9.17, 15) is 20.0 Å². The van der Waals surface area contributed by atoms with Crippen molar-refractivity contribution in [1.29, 1.82) is 5.26 Å². The minimum absolute atomic E-state index is 0.0269. The number of fused-ring (bicyclic) bond motifs is 1. The molecule has 3 aromatic carbocycles. The van der Waals surface area contributed by atoms with Gasteiger partial charge >= 0.3 is 11.9 Å². The summed E-state index contributed by atoms with van der Waals surface area (Å²) in [7, 11) is 0. The van der Waals surface area contributed by atoms with Gasteiger partial charge in [-0.2, -0.15) is 5.26 Å². The molecule has 0 unspecified atom stereocenters. The van der Waals surface area contributed by atoms with E-state index in [0.29, 0.717) is 47.2 Å². The Bertz CT molecular complexity index is 1820. The van der Waals surface area contributed by atoms with Crippen LogP contribution in [0.25, 0.3) is 11.1 Å². The van der Waals surface area contributed by atoms with Crippen LogP contribution in [0.2, 0.25) is 5.02 Å². The second-order valence-corrected chi connectivity index (χ2v) is 11.2. The molecule has 1 aliphatic heterocycles. The van der Waals surface area contributed by atoms with Gasteiger partial charge < -0.3 is 34.5 Å². The maximum Gasteiger partial charge on any atom is 0.320 e. The van der Waals surface area contributed by atoms with E-state index in [0.717, 1.165) is 28.0 Å². The van der Waals surface area contributed by atoms with Crippen LogP contribution < -0.4 is 24.3 Å². The van der Waals surface area contributed by atoms with Crippen LogP contribution in [0.3, 0.4) is 0 Å². The van der Waals surface area contributed by atoms with E-state index >= 15 is 0 Å². The number of halogens is 1. The van der Waals surface area contributed by atoms with Gasteiger partial charge in [0.1, 0.15) is 50.0 Å². The van der Waals surface area contributed by atoms with E-state index in [1.807, 2.05) is 49.4 Å². The Hall–Kier alpha value is -5.31. The summed E-state index contributed by atoms with van der Waals surface area (Å²) in [5.41, 5.74) is 5.51. The predicted octanol–water partition coefficient (Wildman–Crippen LogP) is 5.92. The number of nitrogens with zero attached hydrogens (tertiary/aromatic N) is 2. The first-order chi connectivity index (χ1) is 22.7. The van der Waals surface area contributed by atoms with Gasteiger partial charge in [0.25, 0.3) is 0 Å². The molecule has 0 spiro atoms. The Labute approximate surface area is 276 Å². The zero-order valence-electron chi connectivity index (χ0n) is 25.5. The number of pyridine rings is 1. The Morgan fingerprint density at radius 1 is 1.00 bits per heavy atom. The molecule has 0 fully saturated rings. The number of nitrogens with one attached hydrogen (secondary N) is 1. The molecule has 4 aromatic rings. The first-order valence-electron chi connectivity index (χ1n) is 14.8. The van der Waals surface area contributed by atoms with Crippen molar-refractivity contribution in [1.82, 2.24) is 10.3 Å². The molecule has 1 aromatic heterocycles. The highest BCUT2D eigenvalue weighted by Gasteiger charge is 2.20. The average Bonchev–Trinajstić information content (AvgIpc) is 3.07. The maximum atomic E-state index is 11.8. The van der Waals surface area contributed by atoms with E-state index in [2.05, 4.69) is 10.3 Å². The van der Waals surface area contributed by atoms with Crippen LogP contribution in [0.4, 0.5) is 0 Å². The zero-order valence-corrected chi connectivity index (χ0v) is 26.3. The number of rotatable bonds is 14. The van der Waals surface area contributed by atoms with Gasteiger partial charge in [0.15, 0.2) is 11.5 Å². The summed E-state index contributed by atoms with van der Waals surface area (Å²) in [5.74, 6) is -0.131. The SMILES string of the molecule is Cc1c(COc2cc(OCc3cncc(C#N)c3)c(CN[C@@H](CCC(=O)O)C(=O)O)cc2Cl)cccc1-c1ccc2c(c1)OCCO2. The average molecular weight is 658 g/mol. The minimum atomic E-state index is -1.17. The summed E-state index contributed by atoms with van der Waals surface area (Å²) in [4.78, 5) is 26.9. The second kappa shape index (κ2) is 15.3. The molecule has 3 N–H and O–H groups in total. The van der Waals surface area contributed by atoms with Gasteiger partial charge in [-0.3, -0.25) is 14.6 Å². The van der Waals surface area contributed by atoms with Gasteiger partial charge in [-0.1, -0.05) is 35.9 Å². The fourth-order valence-electron chi connectivity index (χ4n) is 5.08. The van der Waals surface area contributed by atoms with Crippen LogP contribution in [-0.4, -0.2) is 46.4 Å². The Kier molecular flexibility index (Phi) is 10.8. The monoisotopic (exact) mass is 657 g/mol. The first kappa shape index (κ1) is 33.1. The maximum absolute atomic E-state index is 11.8. The van der Waals surface area contributed by atoms with Crippen molar-refractivity contribution in [3.63, 3.8) is 0 Å². The number of aromatic nitrogens is 1. The molecule has 242 valence electrons. The number of carbonyl (C=O) groups is 2. The third-order valence-electron chi connectivity index (χ3n) is 7.60. The molecule has 0 amide bonds. The van der Waals surface area contributed by atoms with Gasteiger partial charge in [0, 0.05) is 42.6 Å².